The highest BCUT2D eigenvalue weighted by Gasteiger charge is 2.29. The highest BCUT2D eigenvalue weighted by Crippen LogP contribution is 2.38. The summed E-state index contributed by atoms with van der Waals surface area (Å²) in [6, 6.07) is 11.6. The molecule has 0 saturated carbocycles. The van der Waals surface area contributed by atoms with Crippen LogP contribution in [0.1, 0.15) is 13.0 Å². The molecule has 1 aliphatic heterocycles. The molecule has 0 fully saturated rings. The molecule has 29 heavy (non-hydrogen) atoms. The van der Waals surface area contributed by atoms with Gasteiger partial charge in [-0.05, 0) is 31.2 Å². The van der Waals surface area contributed by atoms with Crippen LogP contribution in [0.4, 0.5) is 0 Å². The molecule has 1 atom stereocenters. The van der Waals surface area contributed by atoms with Crippen molar-refractivity contribution in [2.45, 2.75) is 29.8 Å². The summed E-state index contributed by atoms with van der Waals surface area (Å²) in [6.45, 7) is 2.57. The van der Waals surface area contributed by atoms with Gasteiger partial charge in [0.05, 0.1) is 16.9 Å². The zero-order valence-corrected chi connectivity index (χ0v) is 17.4. The van der Waals surface area contributed by atoms with Gasteiger partial charge in [-0.3, -0.25) is 18.9 Å². The third-order valence-corrected chi connectivity index (χ3v) is 7.13. The van der Waals surface area contributed by atoms with Crippen LogP contribution in [0.5, 0.6) is 0 Å². The summed E-state index contributed by atoms with van der Waals surface area (Å²) in [5, 5.41) is 11.1. The molecule has 1 aromatic carbocycles. The van der Waals surface area contributed by atoms with Crippen molar-refractivity contribution in [3.8, 4) is 11.4 Å². The fraction of sp³-hybridized carbons (Fsp3) is 0.250. The zero-order valence-electron chi connectivity index (χ0n) is 15.7. The van der Waals surface area contributed by atoms with Gasteiger partial charge in [0.1, 0.15) is 0 Å². The van der Waals surface area contributed by atoms with E-state index in [2.05, 4.69) is 19.7 Å². The van der Waals surface area contributed by atoms with Crippen LogP contribution in [0.2, 0.25) is 0 Å². The topological polar surface area (TPSA) is 78.5 Å². The van der Waals surface area contributed by atoms with Crippen LogP contribution in [0.25, 0.3) is 22.3 Å². The molecule has 146 valence electrons. The molecule has 1 aliphatic rings. The summed E-state index contributed by atoms with van der Waals surface area (Å²) in [4.78, 5) is 21.7. The molecule has 5 rings (SSSR count). The summed E-state index contributed by atoms with van der Waals surface area (Å²) < 4.78 is 3.95. The standard InChI is InChI=1S/C20H18N6OS2/c1-2-25-18(27)15-5-3-4-6-16(15)22-19(25)28-11-14-12-29-20-24-23-17(26(14)20)13-7-9-21-10-8-13/h3-10,14H,2,11-12H2,1H3/t14-/m1/s1. The first-order chi connectivity index (χ1) is 14.3. The van der Waals surface area contributed by atoms with Gasteiger partial charge in [-0.1, -0.05) is 35.7 Å². The van der Waals surface area contributed by atoms with Gasteiger partial charge < -0.3 is 0 Å². The number of benzene rings is 1. The molecule has 4 aromatic rings. The maximum Gasteiger partial charge on any atom is 0.262 e. The minimum absolute atomic E-state index is 0.0175. The second kappa shape index (κ2) is 7.64. The van der Waals surface area contributed by atoms with Crippen LogP contribution in [0.3, 0.4) is 0 Å². The van der Waals surface area contributed by atoms with Gasteiger partial charge in [-0.2, -0.15) is 0 Å². The predicted molar refractivity (Wildman–Crippen MR) is 115 cm³/mol. The average molecular weight is 423 g/mol. The first kappa shape index (κ1) is 18.4. The van der Waals surface area contributed by atoms with Crippen LogP contribution in [0.15, 0.2) is 63.9 Å². The maximum absolute atomic E-state index is 12.8. The van der Waals surface area contributed by atoms with E-state index in [1.165, 1.54) is 0 Å². The Morgan fingerprint density at radius 1 is 1.17 bits per heavy atom. The zero-order chi connectivity index (χ0) is 19.8. The molecule has 0 aliphatic carbocycles. The molecule has 0 unspecified atom stereocenters. The number of hydrogen-bond donors (Lipinski definition) is 0. The van der Waals surface area contributed by atoms with E-state index >= 15 is 0 Å². The van der Waals surface area contributed by atoms with Crippen molar-refractivity contribution in [3.05, 3.63) is 59.1 Å². The fourth-order valence-electron chi connectivity index (χ4n) is 3.48. The van der Waals surface area contributed by atoms with E-state index in [1.807, 2.05) is 43.3 Å². The molecule has 9 heteroatoms. The lowest BCUT2D eigenvalue weighted by atomic mass is 10.2. The van der Waals surface area contributed by atoms with E-state index in [0.29, 0.717) is 11.9 Å². The molecule has 0 spiro atoms. The van der Waals surface area contributed by atoms with Crippen LogP contribution in [-0.4, -0.2) is 40.8 Å². The monoisotopic (exact) mass is 422 g/mol. The summed E-state index contributed by atoms with van der Waals surface area (Å²) in [5.41, 5.74) is 1.77. The normalized spacial score (nSPS) is 15.7. The summed E-state index contributed by atoms with van der Waals surface area (Å²) in [5.74, 6) is 2.58. The second-order valence-electron chi connectivity index (χ2n) is 6.65. The first-order valence-corrected chi connectivity index (χ1v) is 11.3. The van der Waals surface area contributed by atoms with Crippen LogP contribution in [0, 0.1) is 0 Å². The fourth-order valence-corrected chi connectivity index (χ4v) is 5.85. The van der Waals surface area contributed by atoms with Crippen molar-refractivity contribution < 1.29 is 0 Å². The van der Waals surface area contributed by atoms with Crippen LogP contribution in [-0.2, 0) is 6.54 Å². The Kier molecular flexibility index (Phi) is 4.84. The molecule has 0 bridgehead atoms. The highest BCUT2D eigenvalue weighted by atomic mass is 32.2. The molecular formula is C20H18N6OS2. The van der Waals surface area contributed by atoms with Gasteiger partial charge in [0.15, 0.2) is 16.1 Å². The summed E-state index contributed by atoms with van der Waals surface area (Å²) >= 11 is 3.33. The van der Waals surface area contributed by atoms with Crippen molar-refractivity contribution >= 4 is 34.4 Å². The van der Waals surface area contributed by atoms with Crippen molar-refractivity contribution in [1.82, 2.24) is 29.3 Å². The number of para-hydroxylation sites is 1. The lowest BCUT2D eigenvalue weighted by Crippen LogP contribution is -2.23. The summed E-state index contributed by atoms with van der Waals surface area (Å²) in [6.07, 6.45) is 3.53. The lowest BCUT2D eigenvalue weighted by Gasteiger charge is -2.16. The number of nitrogens with zero attached hydrogens (tertiary/aromatic N) is 6. The molecule has 7 nitrogen and oxygen atoms in total. The van der Waals surface area contributed by atoms with Crippen LogP contribution < -0.4 is 5.56 Å². The van der Waals surface area contributed by atoms with E-state index in [0.717, 1.165) is 38.7 Å². The lowest BCUT2D eigenvalue weighted by molar-refractivity contribution is 0.592. The van der Waals surface area contributed by atoms with E-state index in [9.17, 15) is 4.79 Å². The Bertz CT molecular complexity index is 1240. The third kappa shape index (κ3) is 3.24. The number of thioether (sulfide) groups is 2. The highest BCUT2D eigenvalue weighted by molar-refractivity contribution is 8.00. The Labute approximate surface area is 175 Å². The number of rotatable bonds is 5. The Hall–Kier alpha value is -2.65. The molecule has 0 saturated heterocycles. The van der Waals surface area contributed by atoms with Gasteiger partial charge in [-0.15, -0.1) is 10.2 Å². The number of aromatic nitrogens is 6. The van der Waals surface area contributed by atoms with Crippen LogP contribution >= 0.6 is 23.5 Å². The predicted octanol–water partition coefficient (Wildman–Crippen LogP) is 3.51. The van der Waals surface area contributed by atoms with Gasteiger partial charge in [0.2, 0.25) is 0 Å². The molecule has 0 N–H and O–H groups in total. The Balaban J connectivity index is 1.46. The van der Waals surface area contributed by atoms with Crippen molar-refractivity contribution in [2.24, 2.45) is 0 Å². The number of hydrogen-bond acceptors (Lipinski definition) is 7. The van der Waals surface area contributed by atoms with E-state index in [1.54, 1.807) is 40.5 Å². The minimum atomic E-state index is 0.0175. The molecule has 0 radical (unpaired) electrons. The number of pyridine rings is 1. The minimum Gasteiger partial charge on any atom is -0.297 e. The molecule has 4 heterocycles. The van der Waals surface area contributed by atoms with Gasteiger partial charge in [0.25, 0.3) is 5.56 Å². The average Bonchev–Trinajstić information content (AvgIpc) is 3.35. The van der Waals surface area contributed by atoms with Gasteiger partial charge in [-0.25, -0.2) is 4.98 Å². The summed E-state index contributed by atoms with van der Waals surface area (Å²) in [7, 11) is 0. The quantitative estimate of drug-likeness (QED) is 0.360. The molecule has 0 amide bonds. The first-order valence-electron chi connectivity index (χ1n) is 9.36. The number of fused-ring (bicyclic) bond motifs is 2. The maximum atomic E-state index is 12.8. The SMILES string of the molecule is CCn1c(SC[C@@H]2CSc3nnc(-c4ccncc4)n32)nc2ccccc2c1=O. The molecular weight excluding hydrogens is 404 g/mol. The van der Waals surface area contributed by atoms with E-state index < -0.39 is 0 Å². The van der Waals surface area contributed by atoms with E-state index in [4.69, 9.17) is 4.98 Å². The van der Waals surface area contributed by atoms with Gasteiger partial charge in [0, 0.05) is 36.0 Å². The van der Waals surface area contributed by atoms with Gasteiger partial charge >= 0.3 is 0 Å². The second-order valence-corrected chi connectivity index (χ2v) is 8.62. The Morgan fingerprint density at radius 3 is 2.83 bits per heavy atom. The van der Waals surface area contributed by atoms with Crippen molar-refractivity contribution in [3.63, 3.8) is 0 Å². The largest absolute Gasteiger partial charge is 0.297 e. The van der Waals surface area contributed by atoms with E-state index in [-0.39, 0.29) is 11.6 Å². The Morgan fingerprint density at radius 2 is 2.00 bits per heavy atom. The smallest absolute Gasteiger partial charge is 0.262 e. The molecule has 3 aromatic heterocycles. The van der Waals surface area contributed by atoms with Crippen molar-refractivity contribution in [1.29, 1.82) is 0 Å². The van der Waals surface area contributed by atoms with Crippen molar-refractivity contribution in [2.75, 3.05) is 11.5 Å². The third-order valence-electron chi connectivity index (χ3n) is 4.92.